The van der Waals surface area contributed by atoms with E-state index in [1.165, 1.54) is 64.2 Å². The van der Waals surface area contributed by atoms with Gasteiger partial charge in [-0.15, -0.1) is 11.8 Å². The fourth-order valence-electron chi connectivity index (χ4n) is 2.29. The molecule has 0 fully saturated rings. The molecule has 0 atom stereocenters. The number of hydrogen-bond donors (Lipinski definition) is 1. The lowest BCUT2D eigenvalue weighted by Gasteiger charge is -2.12. The number of rotatable bonds is 14. The Morgan fingerprint density at radius 2 is 1.47 bits per heavy atom. The number of unbranched alkanes of at least 4 members (excludes halogenated alkanes) is 6. The molecule has 0 aromatic heterocycles. The SMILES string of the molecule is CCCCCCC(/C=C/SCCO)CCCCCC. The molecular formula is C17H34OS. The first-order valence-corrected chi connectivity index (χ1v) is 9.29. The van der Waals surface area contributed by atoms with Gasteiger partial charge in [-0.1, -0.05) is 71.3 Å². The van der Waals surface area contributed by atoms with Crippen LogP contribution in [-0.4, -0.2) is 17.5 Å². The second kappa shape index (κ2) is 16.1. The molecule has 19 heavy (non-hydrogen) atoms. The van der Waals surface area contributed by atoms with Gasteiger partial charge in [-0.2, -0.15) is 0 Å². The summed E-state index contributed by atoms with van der Waals surface area (Å²) < 4.78 is 0. The van der Waals surface area contributed by atoms with Crippen LogP contribution < -0.4 is 0 Å². The number of thioether (sulfide) groups is 1. The fraction of sp³-hybridized carbons (Fsp3) is 0.882. The third kappa shape index (κ3) is 14.3. The predicted octanol–water partition coefficient (Wildman–Crippen LogP) is 5.78. The molecule has 0 saturated heterocycles. The second-order valence-electron chi connectivity index (χ2n) is 5.38. The molecule has 2 heteroatoms. The summed E-state index contributed by atoms with van der Waals surface area (Å²) in [5, 5.41) is 11.0. The molecular weight excluding hydrogens is 252 g/mol. The summed E-state index contributed by atoms with van der Waals surface area (Å²) in [6, 6.07) is 0. The lowest BCUT2D eigenvalue weighted by Crippen LogP contribution is -1.97. The van der Waals surface area contributed by atoms with Gasteiger partial charge in [0.1, 0.15) is 0 Å². The Hall–Kier alpha value is 0.0500. The van der Waals surface area contributed by atoms with Crippen molar-refractivity contribution < 1.29 is 5.11 Å². The van der Waals surface area contributed by atoms with E-state index in [9.17, 15) is 0 Å². The summed E-state index contributed by atoms with van der Waals surface area (Å²) in [5.41, 5.74) is 0. The highest BCUT2D eigenvalue weighted by molar-refractivity contribution is 8.02. The minimum atomic E-state index is 0.284. The molecule has 0 amide bonds. The maximum atomic E-state index is 8.78. The van der Waals surface area contributed by atoms with Gasteiger partial charge in [0.2, 0.25) is 0 Å². The van der Waals surface area contributed by atoms with Crippen molar-refractivity contribution in [3.63, 3.8) is 0 Å². The van der Waals surface area contributed by atoms with Crippen LogP contribution in [0, 0.1) is 5.92 Å². The lowest BCUT2D eigenvalue weighted by atomic mass is 9.95. The monoisotopic (exact) mass is 286 g/mol. The van der Waals surface area contributed by atoms with Gasteiger partial charge in [0.15, 0.2) is 0 Å². The zero-order chi connectivity index (χ0) is 14.2. The quantitative estimate of drug-likeness (QED) is 0.408. The third-order valence-corrected chi connectivity index (χ3v) is 4.28. The normalized spacial score (nSPS) is 11.8. The fourth-order valence-corrected chi connectivity index (χ4v) is 2.87. The maximum Gasteiger partial charge on any atom is 0.0525 e. The molecule has 1 N–H and O–H groups in total. The second-order valence-corrected chi connectivity index (χ2v) is 6.40. The predicted molar refractivity (Wildman–Crippen MR) is 89.7 cm³/mol. The van der Waals surface area contributed by atoms with Gasteiger partial charge in [0.05, 0.1) is 6.61 Å². The maximum absolute atomic E-state index is 8.78. The van der Waals surface area contributed by atoms with Crippen molar-refractivity contribution >= 4 is 11.8 Å². The highest BCUT2D eigenvalue weighted by Crippen LogP contribution is 2.21. The zero-order valence-corrected chi connectivity index (χ0v) is 13.9. The molecule has 0 radical (unpaired) electrons. The van der Waals surface area contributed by atoms with E-state index >= 15 is 0 Å². The summed E-state index contributed by atoms with van der Waals surface area (Å²) in [4.78, 5) is 0. The Labute approximate surface area is 125 Å². The molecule has 0 bridgehead atoms. The van der Waals surface area contributed by atoms with E-state index in [0.717, 1.165) is 11.7 Å². The van der Waals surface area contributed by atoms with E-state index in [1.807, 2.05) is 0 Å². The Balaban J connectivity index is 3.81. The van der Waals surface area contributed by atoms with Crippen LogP contribution in [0.3, 0.4) is 0 Å². The Morgan fingerprint density at radius 1 is 0.895 bits per heavy atom. The van der Waals surface area contributed by atoms with E-state index in [4.69, 9.17) is 5.11 Å². The first kappa shape index (κ1) is 19.1. The van der Waals surface area contributed by atoms with Crippen LogP contribution in [0.1, 0.15) is 78.1 Å². The van der Waals surface area contributed by atoms with Crippen molar-refractivity contribution in [3.05, 3.63) is 11.5 Å². The summed E-state index contributed by atoms with van der Waals surface area (Å²) in [6.07, 6.45) is 16.0. The smallest absolute Gasteiger partial charge is 0.0525 e. The van der Waals surface area contributed by atoms with Crippen LogP contribution in [0.2, 0.25) is 0 Å². The summed E-state index contributed by atoms with van der Waals surface area (Å²) in [7, 11) is 0. The van der Waals surface area contributed by atoms with E-state index in [-0.39, 0.29) is 6.61 Å². The van der Waals surface area contributed by atoms with E-state index in [0.29, 0.717) is 0 Å². The molecule has 1 nitrogen and oxygen atoms in total. The van der Waals surface area contributed by atoms with E-state index in [1.54, 1.807) is 11.8 Å². The van der Waals surface area contributed by atoms with Gasteiger partial charge >= 0.3 is 0 Å². The van der Waals surface area contributed by atoms with Crippen molar-refractivity contribution in [3.8, 4) is 0 Å². The van der Waals surface area contributed by atoms with Gasteiger partial charge in [-0.3, -0.25) is 0 Å². The Bertz CT molecular complexity index is 180. The molecule has 0 aliphatic heterocycles. The molecule has 0 aromatic rings. The van der Waals surface area contributed by atoms with Crippen LogP contribution in [0.15, 0.2) is 11.5 Å². The lowest BCUT2D eigenvalue weighted by molar-refractivity contribution is 0.322. The van der Waals surface area contributed by atoms with Gasteiger partial charge < -0.3 is 5.11 Å². The summed E-state index contributed by atoms with van der Waals surface area (Å²) in [5.74, 6) is 1.59. The zero-order valence-electron chi connectivity index (χ0n) is 13.1. The standard InChI is InChI=1S/C17H34OS/c1-3-5-7-9-11-17(12-10-8-6-4-2)13-15-19-16-14-18/h13,15,17-18H,3-12,14,16H2,1-2H3/b15-13+. The third-order valence-electron chi connectivity index (χ3n) is 3.51. The van der Waals surface area contributed by atoms with Crippen LogP contribution in [-0.2, 0) is 0 Å². The van der Waals surface area contributed by atoms with Crippen molar-refractivity contribution in [2.24, 2.45) is 5.92 Å². The van der Waals surface area contributed by atoms with Crippen LogP contribution >= 0.6 is 11.8 Å². The largest absolute Gasteiger partial charge is 0.396 e. The molecule has 0 heterocycles. The summed E-state index contributed by atoms with van der Waals surface area (Å²) in [6.45, 7) is 4.83. The average Bonchev–Trinajstić information content (AvgIpc) is 2.43. The van der Waals surface area contributed by atoms with Crippen molar-refractivity contribution in [1.29, 1.82) is 0 Å². The molecule has 0 spiro atoms. The number of allylic oxidation sites excluding steroid dienone is 1. The van der Waals surface area contributed by atoms with Gasteiger partial charge in [-0.25, -0.2) is 0 Å². The van der Waals surface area contributed by atoms with Gasteiger partial charge in [-0.05, 0) is 24.2 Å². The van der Waals surface area contributed by atoms with Crippen LogP contribution in [0.25, 0.3) is 0 Å². The number of aliphatic hydroxyl groups is 1. The molecule has 0 aliphatic carbocycles. The van der Waals surface area contributed by atoms with Gasteiger partial charge in [0.25, 0.3) is 0 Å². The highest BCUT2D eigenvalue weighted by Gasteiger charge is 2.04. The Morgan fingerprint density at radius 3 is 1.95 bits per heavy atom. The minimum Gasteiger partial charge on any atom is -0.396 e. The van der Waals surface area contributed by atoms with Gasteiger partial charge in [0, 0.05) is 5.75 Å². The molecule has 0 aliphatic rings. The minimum absolute atomic E-state index is 0.284. The number of hydrogen-bond acceptors (Lipinski definition) is 2. The van der Waals surface area contributed by atoms with Crippen molar-refractivity contribution in [1.82, 2.24) is 0 Å². The van der Waals surface area contributed by atoms with E-state index < -0.39 is 0 Å². The molecule has 0 rings (SSSR count). The molecule has 114 valence electrons. The van der Waals surface area contributed by atoms with Crippen LogP contribution in [0.5, 0.6) is 0 Å². The molecule has 0 saturated carbocycles. The van der Waals surface area contributed by atoms with Crippen molar-refractivity contribution in [2.45, 2.75) is 78.1 Å². The molecule has 0 unspecified atom stereocenters. The average molecular weight is 287 g/mol. The Kier molecular flexibility index (Phi) is 16.1. The first-order valence-electron chi connectivity index (χ1n) is 8.24. The first-order chi connectivity index (χ1) is 9.35. The topological polar surface area (TPSA) is 20.2 Å². The molecule has 0 aromatic carbocycles. The van der Waals surface area contributed by atoms with Crippen molar-refractivity contribution in [2.75, 3.05) is 12.4 Å². The summed E-state index contributed by atoms with van der Waals surface area (Å²) >= 11 is 1.74. The highest BCUT2D eigenvalue weighted by atomic mass is 32.2. The number of aliphatic hydroxyl groups excluding tert-OH is 1. The van der Waals surface area contributed by atoms with Crippen LogP contribution in [0.4, 0.5) is 0 Å². The van der Waals surface area contributed by atoms with E-state index in [2.05, 4.69) is 25.3 Å².